The molecule has 0 saturated carbocycles. The fourth-order valence-electron chi connectivity index (χ4n) is 0.743. The summed E-state index contributed by atoms with van der Waals surface area (Å²) in [6, 6.07) is -1.73. The Kier molecular flexibility index (Phi) is 2.18. The van der Waals surface area contributed by atoms with Crippen LogP contribution in [0.4, 0.5) is 0 Å². The lowest BCUT2D eigenvalue weighted by molar-refractivity contribution is -0.142. The molecule has 0 spiro atoms. The molecular formula is C6H4N2O5. The smallest absolute Gasteiger partial charge is 0.341 e. The fourth-order valence-corrected chi connectivity index (χ4v) is 0.743. The molecule has 0 aromatic rings. The minimum atomic E-state index is -1.73. The Bertz CT molecular complexity index is 343. The van der Waals surface area contributed by atoms with Gasteiger partial charge in [-0.15, -0.1) is 0 Å². The molecule has 0 aromatic heterocycles. The van der Waals surface area contributed by atoms with Crippen LogP contribution in [-0.4, -0.2) is 34.0 Å². The predicted molar refractivity (Wildman–Crippen MR) is 37.0 cm³/mol. The van der Waals surface area contributed by atoms with Crippen molar-refractivity contribution in [2.75, 3.05) is 0 Å². The molecule has 2 N–H and O–H groups in total. The number of carbonyl (C=O) groups excluding carboxylic acids is 1. The average Bonchev–Trinajstić information content (AvgIpc) is 2.03. The van der Waals surface area contributed by atoms with Gasteiger partial charge in [-0.2, -0.15) is 10.2 Å². The molecule has 1 aliphatic heterocycles. The highest BCUT2D eigenvalue weighted by atomic mass is 16.4. The van der Waals surface area contributed by atoms with Gasteiger partial charge in [-0.1, -0.05) is 0 Å². The number of Topliss-reactive ketones (excluding diaryl/α,β-unsaturated/α-hetero) is 1. The highest BCUT2D eigenvalue weighted by molar-refractivity contribution is 6.24. The molecule has 7 heteroatoms. The number of rotatable bonds is 2. The molecule has 1 rings (SSSR count). The van der Waals surface area contributed by atoms with Crippen LogP contribution in [0.5, 0.6) is 0 Å². The van der Waals surface area contributed by atoms with Crippen molar-refractivity contribution in [3.05, 3.63) is 11.8 Å². The minimum Gasteiger partial charge on any atom is -0.479 e. The van der Waals surface area contributed by atoms with Crippen molar-refractivity contribution < 1.29 is 24.6 Å². The molecule has 0 aromatic carbocycles. The van der Waals surface area contributed by atoms with E-state index in [2.05, 4.69) is 10.2 Å². The molecule has 1 heterocycles. The van der Waals surface area contributed by atoms with Crippen LogP contribution >= 0.6 is 0 Å². The molecule has 1 atom stereocenters. The Morgan fingerprint density at radius 3 is 2.46 bits per heavy atom. The molecule has 0 aliphatic carbocycles. The van der Waals surface area contributed by atoms with Gasteiger partial charge in [0.25, 0.3) is 0 Å². The summed E-state index contributed by atoms with van der Waals surface area (Å²) in [5.74, 6) is -4.08. The highest BCUT2D eigenvalue weighted by Gasteiger charge is 2.34. The second-order valence-corrected chi connectivity index (χ2v) is 2.18. The zero-order chi connectivity index (χ0) is 10.0. The third-order valence-corrected chi connectivity index (χ3v) is 1.35. The quantitative estimate of drug-likeness (QED) is 0.440. The zero-order valence-corrected chi connectivity index (χ0v) is 6.17. The zero-order valence-electron chi connectivity index (χ0n) is 6.17. The van der Waals surface area contributed by atoms with E-state index in [1.807, 2.05) is 0 Å². The number of ketones is 1. The van der Waals surface area contributed by atoms with E-state index in [-0.39, 0.29) is 0 Å². The maximum absolute atomic E-state index is 11.0. The lowest BCUT2D eigenvalue weighted by Gasteiger charge is -2.07. The van der Waals surface area contributed by atoms with E-state index in [4.69, 9.17) is 10.2 Å². The first-order valence-electron chi connectivity index (χ1n) is 3.14. The minimum absolute atomic E-state index is 0.664. The van der Waals surface area contributed by atoms with E-state index < -0.39 is 29.3 Å². The molecule has 1 aliphatic rings. The first kappa shape index (κ1) is 9.04. The summed E-state index contributed by atoms with van der Waals surface area (Å²) in [6.07, 6.45) is 0.726. The van der Waals surface area contributed by atoms with Crippen LogP contribution in [0.15, 0.2) is 22.0 Å². The van der Waals surface area contributed by atoms with E-state index in [0.717, 1.165) is 6.20 Å². The second kappa shape index (κ2) is 3.13. The molecule has 0 saturated heterocycles. The number of carboxylic acid groups (broad SMARTS) is 2. The SMILES string of the molecule is O=C(O)C1=CN=NC(C(=O)O)C1=O. The van der Waals surface area contributed by atoms with Gasteiger partial charge in [-0.25, -0.2) is 9.59 Å². The number of hydrogen-bond donors (Lipinski definition) is 2. The Morgan fingerprint density at radius 2 is 2.00 bits per heavy atom. The normalized spacial score (nSPS) is 21.1. The maximum Gasteiger partial charge on any atom is 0.341 e. The van der Waals surface area contributed by atoms with Crippen molar-refractivity contribution in [3.63, 3.8) is 0 Å². The molecule has 13 heavy (non-hydrogen) atoms. The van der Waals surface area contributed by atoms with E-state index in [1.54, 1.807) is 0 Å². The van der Waals surface area contributed by atoms with E-state index >= 15 is 0 Å². The highest BCUT2D eigenvalue weighted by Crippen LogP contribution is 2.11. The number of carboxylic acids is 2. The van der Waals surface area contributed by atoms with E-state index in [1.165, 1.54) is 0 Å². The molecule has 7 nitrogen and oxygen atoms in total. The largest absolute Gasteiger partial charge is 0.479 e. The third kappa shape index (κ3) is 1.58. The van der Waals surface area contributed by atoms with Crippen molar-refractivity contribution in [1.82, 2.24) is 0 Å². The second-order valence-electron chi connectivity index (χ2n) is 2.18. The number of aliphatic carboxylic acids is 2. The van der Waals surface area contributed by atoms with Crippen LogP contribution in [0.1, 0.15) is 0 Å². The van der Waals surface area contributed by atoms with Gasteiger partial charge in [-0.3, -0.25) is 4.79 Å². The molecule has 68 valence electrons. The van der Waals surface area contributed by atoms with Gasteiger partial charge in [0.1, 0.15) is 5.57 Å². The maximum atomic E-state index is 11.0. The Hall–Kier alpha value is -2.05. The van der Waals surface area contributed by atoms with Gasteiger partial charge in [0.15, 0.2) is 0 Å². The van der Waals surface area contributed by atoms with Crippen molar-refractivity contribution >= 4 is 17.7 Å². The standard InChI is InChI=1S/C6H4N2O5/c9-4-2(5(10)11)1-7-8-3(4)6(12)13/h1,3H,(H,10,11)(H,12,13). The lowest BCUT2D eigenvalue weighted by Crippen LogP contribution is -2.32. The van der Waals surface area contributed by atoms with Crippen molar-refractivity contribution in [2.45, 2.75) is 6.04 Å². The summed E-state index contributed by atoms with van der Waals surface area (Å²) in [4.78, 5) is 31.7. The summed E-state index contributed by atoms with van der Waals surface area (Å²) < 4.78 is 0. The first-order valence-corrected chi connectivity index (χ1v) is 3.14. The van der Waals surface area contributed by atoms with Crippen LogP contribution in [0.2, 0.25) is 0 Å². The first-order chi connectivity index (χ1) is 6.04. The summed E-state index contributed by atoms with van der Waals surface area (Å²) in [7, 11) is 0. The van der Waals surface area contributed by atoms with Gasteiger partial charge in [-0.05, 0) is 0 Å². The van der Waals surface area contributed by atoms with E-state index in [0.29, 0.717) is 0 Å². The molecular weight excluding hydrogens is 180 g/mol. The molecule has 1 unspecified atom stereocenters. The summed E-state index contributed by atoms with van der Waals surface area (Å²) in [5, 5.41) is 23.0. The summed E-state index contributed by atoms with van der Waals surface area (Å²) in [6.45, 7) is 0. The number of hydrogen-bond acceptors (Lipinski definition) is 5. The number of nitrogens with zero attached hydrogens (tertiary/aromatic N) is 2. The van der Waals surface area contributed by atoms with Gasteiger partial charge in [0.2, 0.25) is 11.8 Å². The summed E-state index contributed by atoms with van der Waals surface area (Å²) in [5.41, 5.74) is -0.664. The molecule has 0 amide bonds. The monoisotopic (exact) mass is 184 g/mol. The Labute approximate surface area is 71.4 Å². The van der Waals surface area contributed by atoms with Gasteiger partial charge in [0.05, 0.1) is 6.20 Å². The van der Waals surface area contributed by atoms with Crippen molar-refractivity contribution in [3.8, 4) is 0 Å². The number of azo groups is 1. The molecule has 0 fully saturated rings. The van der Waals surface area contributed by atoms with Gasteiger partial charge < -0.3 is 10.2 Å². The fraction of sp³-hybridized carbons (Fsp3) is 0.167. The van der Waals surface area contributed by atoms with Crippen LogP contribution in [0.3, 0.4) is 0 Å². The Morgan fingerprint density at radius 1 is 1.38 bits per heavy atom. The summed E-state index contributed by atoms with van der Waals surface area (Å²) >= 11 is 0. The topological polar surface area (TPSA) is 116 Å². The van der Waals surface area contributed by atoms with Crippen LogP contribution < -0.4 is 0 Å². The molecule has 0 bridgehead atoms. The van der Waals surface area contributed by atoms with E-state index in [9.17, 15) is 14.4 Å². The van der Waals surface area contributed by atoms with Crippen LogP contribution in [-0.2, 0) is 14.4 Å². The lowest BCUT2D eigenvalue weighted by atomic mass is 10.1. The predicted octanol–water partition coefficient (Wildman–Crippen LogP) is -0.557. The molecule has 0 radical (unpaired) electrons. The van der Waals surface area contributed by atoms with Crippen LogP contribution in [0, 0.1) is 0 Å². The van der Waals surface area contributed by atoms with Crippen molar-refractivity contribution in [1.29, 1.82) is 0 Å². The van der Waals surface area contributed by atoms with Crippen molar-refractivity contribution in [2.24, 2.45) is 10.2 Å². The number of carbonyl (C=O) groups is 3. The van der Waals surface area contributed by atoms with Gasteiger partial charge in [0, 0.05) is 0 Å². The van der Waals surface area contributed by atoms with Crippen LogP contribution in [0.25, 0.3) is 0 Å². The third-order valence-electron chi connectivity index (χ3n) is 1.35. The average molecular weight is 184 g/mol. The van der Waals surface area contributed by atoms with Gasteiger partial charge >= 0.3 is 11.9 Å². The Balaban J connectivity index is 3.00.